The van der Waals surface area contributed by atoms with E-state index in [1.807, 2.05) is 17.5 Å². The second-order valence-corrected chi connectivity index (χ2v) is 7.61. The van der Waals surface area contributed by atoms with Crippen LogP contribution in [0.4, 0.5) is 0 Å². The number of amides is 1. The second kappa shape index (κ2) is 7.31. The number of carbonyl (C=O) groups is 1. The minimum Gasteiger partial charge on any atom is -0.482 e. The number of thiophene rings is 1. The van der Waals surface area contributed by atoms with Gasteiger partial charge in [0.2, 0.25) is 0 Å². The van der Waals surface area contributed by atoms with Crippen molar-refractivity contribution in [2.75, 3.05) is 13.2 Å². The van der Waals surface area contributed by atoms with Crippen molar-refractivity contribution in [3.63, 3.8) is 0 Å². The first-order valence-corrected chi connectivity index (χ1v) is 9.23. The van der Waals surface area contributed by atoms with Gasteiger partial charge in [-0.1, -0.05) is 29.3 Å². The molecule has 1 atom stereocenters. The molecule has 0 saturated heterocycles. The van der Waals surface area contributed by atoms with Crippen molar-refractivity contribution in [1.29, 1.82) is 0 Å². The molecule has 1 unspecified atom stereocenters. The number of aliphatic hydroxyl groups is 1. The molecule has 0 radical (unpaired) electrons. The van der Waals surface area contributed by atoms with Gasteiger partial charge in [-0.25, -0.2) is 0 Å². The average molecular weight is 386 g/mol. The summed E-state index contributed by atoms with van der Waals surface area (Å²) in [5.74, 6) is 0.284. The molecule has 1 aromatic carbocycles. The number of hydrogen-bond acceptors (Lipinski definition) is 4. The Bertz CT molecular complexity index is 719. The van der Waals surface area contributed by atoms with Gasteiger partial charge in [0.15, 0.2) is 6.61 Å². The smallest absolute Gasteiger partial charge is 0.258 e. The van der Waals surface area contributed by atoms with Gasteiger partial charge in [-0.3, -0.25) is 4.79 Å². The van der Waals surface area contributed by atoms with Gasteiger partial charge in [0, 0.05) is 9.90 Å². The zero-order valence-electron chi connectivity index (χ0n) is 12.8. The predicted octanol–water partition coefficient (Wildman–Crippen LogP) is 3.85. The van der Waals surface area contributed by atoms with E-state index in [2.05, 4.69) is 5.32 Å². The van der Waals surface area contributed by atoms with Crippen LogP contribution in [-0.2, 0) is 10.4 Å². The summed E-state index contributed by atoms with van der Waals surface area (Å²) in [5, 5.41) is 16.5. The van der Waals surface area contributed by atoms with Crippen LogP contribution in [0.25, 0.3) is 0 Å². The molecule has 1 aromatic heterocycles. The zero-order chi connectivity index (χ0) is 17.2. The van der Waals surface area contributed by atoms with Gasteiger partial charge in [0.1, 0.15) is 11.4 Å². The first-order chi connectivity index (χ1) is 11.5. The number of hydrogen-bond donors (Lipinski definition) is 2. The first kappa shape index (κ1) is 17.5. The van der Waals surface area contributed by atoms with Crippen LogP contribution >= 0.6 is 34.5 Å². The van der Waals surface area contributed by atoms with E-state index in [4.69, 9.17) is 27.9 Å². The highest BCUT2D eigenvalue weighted by molar-refractivity contribution is 7.10. The monoisotopic (exact) mass is 385 g/mol. The van der Waals surface area contributed by atoms with Gasteiger partial charge < -0.3 is 15.2 Å². The highest BCUT2D eigenvalue weighted by Crippen LogP contribution is 2.46. The number of halogens is 2. The van der Waals surface area contributed by atoms with E-state index in [-0.39, 0.29) is 25.0 Å². The minimum atomic E-state index is -0.998. The Morgan fingerprint density at radius 3 is 2.79 bits per heavy atom. The van der Waals surface area contributed by atoms with E-state index < -0.39 is 5.60 Å². The van der Waals surface area contributed by atoms with Crippen molar-refractivity contribution >= 4 is 40.4 Å². The molecule has 3 rings (SSSR count). The summed E-state index contributed by atoms with van der Waals surface area (Å²) in [7, 11) is 0. The van der Waals surface area contributed by atoms with Crippen LogP contribution < -0.4 is 10.1 Å². The molecule has 2 N–H and O–H groups in total. The summed E-state index contributed by atoms with van der Waals surface area (Å²) in [6.07, 6.45) is 1.95. The van der Waals surface area contributed by atoms with Gasteiger partial charge in [0.25, 0.3) is 5.91 Å². The maximum absolute atomic E-state index is 12.0. The maximum Gasteiger partial charge on any atom is 0.258 e. The molecule has 1 aliphatic carbocycles. The maximum atomic E-state index is 12.0. The lowest BCUT2D eigenvalue weighted by Crippen LogP contribution is -2.43. The summed E-state index contributed by atoms with van der Waals surface area (Å²) in [6.45, 7) is 0.00125. The van der Waals surface area contributed by atoms with E-state index in [1.165, 1.54) is 11.3 Å². The molecule has 24 heavy (non-hydrogen) atoms. The Hall–Kier alpha value is -1.27. The molecule has 1 amide bonds. The molecule has 1 aliphatic rings. The third-order valence-electron chi connectivity index (χ3n) is 4.01. The lowest BCUT2D eigenvalue weighted by Gasteiger charge is -2.27. The topological polar surface area (TPSA) is 58.6 Å². The standard InChI is InChI=1S/C17H17Cl2NO3S/c18-12-5-6-14(13(19)8-12)23-9-16(21)20-10-17(22,11-3-4-11)15-2-1-7-24-15/h1-2,5-8,11,22H,3-4,9-10H2,(H,20,21). The van der Waals surface area contributed by atoms with E-state index in [0.29, 0.717) is 15.8 Å². The lowest BCUT2D eigenvalue weighted by molar-refractivity contribution is -0.124. The molecule has 7 heteroatoms. The molecule has 4 nitrogen and oxygen atoms in total. The Labute approximate surface area is 154 Å². The summed E-state index contributed by atoms with van der Waals surface area (Å²) < 4.78 is 5.40. The van der Waals surface area contributed by atoms with Gasteiger partial charge in [-0.05, 0) is 48.4 Å². The molecule has 1 fully saturated rings. The zero-order valence-corrected chi connectivity index (χ0v) is 15.1. The molecule has 0 spiro atoms. The summed E-state index contributed by atoms with van der Waals surface area (Å²) in [5.41, 5.74) is -0.998. The highest BCUT2D eigenvalue weighted by Gasteiger charge is 2.45. The minimum absolute atomic E-state index is 0.174. The molecule has 128 valence electrons. The first-order valence-electron chi connectivity index (χ1n) is 7.60. The number of benzene rings is 1. The van der Waals surface area contributed by atoms with Gasteiger partial charge in [-0.2, -0.15) is 0 Å². The van der Waals surface area contributed by atoms with Gasteiger partial charge in [-0.15, -0.1) is 11.3 Å². The van der Waals surface area contributed by atoms with Gasteiger partial charge >= 0.3 is 0 Å². The van der Waals surface area contributed by atoms with E-state index in [0.717, 1.165) is 17.7 Å². The summed E-state index contributed by atoms with van der Waals surface area (Å²) in [4.78, 5) is 12.9. The Morgan fingerprint density at radius 2 is 2.17 bits per heavy atom. The second-order valence-electron chi connectivity index (χ2n) is 5.82. The normalized spacial score (nSPS) is 16.5. The Morgan fingerprint density at radius 1 is 1.38 bits per heavy atom. The molecule has 0 bridgehead atoms. The van der Waals surface area contributed by atoms with E-state index in [9.17, 15) is 9.90 Å². The van der Waals surface area contributed by atoms with Crippen molar-refractivity contribution in [1.82, 2.24) is 5.32 Å². The molecule has 1 heterocycles. The number of carbonyl (C=O) groups excluding carboxylic acids is 1. The fourth-order valence-electron chi connectivity index (χ4n) is 2.54. The van der Waals surface area contributed by atoms with Crippen LogP contribution in [0.3, 0.4) is 0 Å². The van der Waals surface area contributed by atoms with Crippen molar-refractivity contribution in [3.8, 4) is 5.75 Å². The van der Waals surface area contributed by atoms with Crippen LogP contribution in [0.15, 0.2) is 35.7 Å². The van der Waals surface area contributed by atoms with Crippen molar-refractivity contribution in [2.24, 2.45) is 5.92 Å². The van der Waals surface area contributed by atoms with Crippen LogP contribution in [0.1, 0.15) is 17.7 Å². The predicted molar refractivity (Wildman–Crippen MR) is 95.9 cm³/mol. The largest absolute Gasteiger partial charge is 0.482 e. The van der Waals surface area contributed by atoms with Crippen molar-refractivity contribution in [2.45, 2.75) is 18.4 Å². The SMILES string of the molecule is O=C(COc1ccc(Cl)cc1Cl)NCC(O)(c1cccs1)C1CC1. The number of rotatable bonds is 7. The van der Waals surface area contributed by atoms with Gasteiger partial charge in [0.05, 0.1) is 11.6 Å². The quantitative estimate of drug-likeness (QED) is 0.760. The number of ether oxygens (including phenoxy) is 1. The molecule has 0 aliphatic heterocycles. The van der Waals surface area contributed by atoms with Crippen LogP contribution in [0.2, 0.25) is 10.0 Å². The van der Waals surface area contributed by atoms with Crippen LogP contribution in [0, 0.1) is 5.92 Å². The third-order valence-corrected chi connectivity index (χ3v) is 5.58. The Kier molecular flexibility index (Phi) is 5.35. The van der Waals surface area contributed by atoms with Crippen molar-refractivity contribution in [3.05, 3.63) is 50.6 Å². The summed E-state index contributed by atoms with van der Waals surface area (Å²) >= 11 is 13.3. The van der Waals surface area contributed by atoms with Crippen LogP contribution in [0.5, 0.6) is 5.75 Å². The molecule has 2 aromatic rings. The fourth-order valence-corrected chi connectivity index (χ4v) is 3.91. The highest BCUT2D eigenvalue weighted by atomic mass is 35.5. The molecular weight excluding hydrogens is 369 g/mol. The fraction of sp³-hybridized carbons (Fsp3) is 0.353. The molecule has 1 saturated carbocycles. The van der Waals surface area contributed by atoms with Crippen molar-refractivity contribution < 1.29 is 14.6 Å². The Balaban J connectivity index is 1.55. The lowest BCUT2D eigenvalue weighted by atomic mass is 9.95. The third kappa shape index (κ3) is 4.03. The van der Waals surface area contributed by atoms with E-state index in [1.54, 1.807) is 18.2 Å². The number of nitrogens with one attached hydrogen (secondary N) is 1. The van der Waals surface area contributed by atoms with Crippen LogP contribution in [-0.4, -0.2) is 24.2 Å². The summed E-state index contributed by atoms with van der Waals surface area (Å²) in [6, 6.07) is 8.62. The average Bonchev–Trinajstić information content (AvgIpc) is 3.27. The van der Waals surface area contributed by atoms with E-state index >= 15 is 0 Å². The molecular formula is C17H17Cl2NO3S.